The van der Waals surface area contributed by atoms with Gasteiger partial charge in [-0.2, -0.15) is 4.98 Å². The molecule has 0 N–H and O–H groups in total. The molecule has 14 heteroatoms. The van der Waals surface area contributed by atoms with Crippen molar-refractivity contribution in [2.75, 3.05) is 92.8 Å². The van der Waals surface area contributed by atoms with E-state index in [-0.39, 0.29) is 5.91 Å². The number of hydrogen-bond acceptors (Lipinski definition) is 13. The van der Waals surface area contributed by atoms with Crippen molar-refractivity contribution in [3.63, 3.8) is 0 Å². The van der Waals surface area contributed by atoms with E-state index in [2.05, 4.69) is 48.8 Å². The summed E-state index contributed by atoms with van der Waals surface area (Å²) in [6, 6.07) is 28.1. The van der Waals surface area contributed by atoms with Crippen molar-refractivity contribution in [3.8, 4) is 22.8 Å². The predicted octanol–water partition coefficient (Wildman–Crippen LogP) is 6.05. The Morgan fingerprint density at radius 3 is 1.90 bits per heavy atom. The molecule has 3 aliphatic heterocycles. The maximum absolute atomic E-state index is 13.6. The van der Waals surface area contributed by atoms with Crippen LogP contribution in [0.15, 0.2) is 110 Å². The van der Waals surface area contributed by atoms with Crippen LogP contribution in [0.5, 0.6) is 11.5 Å². The zero-order valence-corrected chi connectivity index (χ0v) is 34.0. The van der Waals surface area contributed by atoms with Crippen molar-refractivity contribution < 1.29 is 19.0 Å². The lowest BCUT2D eigenvalue weighted by atomic mass is 10.1. The Labute approximate surface area is 350 Å². The second kappa shape index (κ2) is 17.6. The molecule has 306 valence electrons. The summed E-state index contributed by atoms with van der Waals surface area (Å²) in [6.45, 7) is 7.46. The predicted molar refractivity (Wildman–Crippen MR) is 231 cm³/mol. The van der Waals surface area contributed by atoms with Crippen LogP contribution in [0.1, 0.15) is 27.0 Å². The van der Waals surface area contributed by atoms with E-state index in [0.717, 1.165) is 82.7 Å². The SMILES string of the molecule is COc1ccc(CN(Cc2ccc(OC)cc2)c2ncc(-c3nc(N4CCOCC4)nc4c3CCN4c3ccc(C(=O)N4CCN(c5ccncc5)CC4)cc3)cn2)cc1. The lowest BCUT2D eigenvalue weighted by Gasteiger charge is -2.36. The number of hydrogen-bond donors (Lipinski definition) is 0. The first-order valence-electron chi connectivity index (χ1n) is 20.4. The van der Waals surface area contributed by atoms with Crippen LogP contribution in [-0.2, 0) is 24.2 Å². The number of methoxy groups -OCH3 is 2. The molecule has 60 heavy (non-hydrogen) atoms. The molecule has 14 nitrogen and oxygen atoms in total. The summed E-state index contributed by atoms with van der Waals surface area (Å²) in [4.78, 5) is 48.8. The van der Waals surface area contributed by atoms with Gasteiger partial charge in [0.15, 0.2) is 0 Å². The van der Waals surface area contributed by atoms with Gasteiger partial charge in [0, 0.05) is 112 Å². The number of carbonyl (C=O) groups is 1. The number of morpholine rings is 1. The number of anilines is 5. The van der Waals surface area contributed by atoms with Crippen LogP contribution in [0.3, 0.4) is 0 Å². The molecular formula is C46H48N10O4. The molecule has 6 aromatic rings. The van der Waals surface area contributed by atoms with Gasteiger partial charge >= 0.3 is 0 Å². The zero-order chi connectivity index (χ0) is 40.8. The van der Waals surface area contributed by atoms with Gasteiger partial charge in [-0.25, -0.2) is 15.0 Å². The molecule has 1 amide bonds. The van der Waals surface area contributed by atoms with E-state index in [1.54, 1.807) is 26.6 Å². The Hall–Kier alpha value is -6.80. The van der Waals surface area contributed by atoms with Crippen molar-refractivity contribution in [3.05, 3.63) is 132 Å². The Balaban J connectivity index is 0.972. The molecule has 6 heterocycles. The lowest BCUT2D eigenvalue weighted by molar-refractivity contribution is 0.0746. The monoisotopic (exact) mass is 804 g/mol. The molecular weight excluding hydrogens is 757 g/mol. The van der Waals surface area contributed by atoms with Gasteiger partial charge in [0.2, 0.25) is 11.9 Å². The molecule has 3 aromatic carbocycles. The molecule has 0 aliphatic carbocycles. The fourth-order valence-electron chi connectivity index (χ4n) is 8.03. The largest absolute Gasteiger partial charge is 0.497 e. The number of fused-ring (bicyclic) bond motifs is 1. The molecule has 0 atom stereocenters. The van der Waals surface area contributed by atoms with Gasteiger partial charge in [-0.15, -0.1) is 0 Å². The number of benzene rings is 3. The van der Waals surface area contributed by atoms with Crippen LogP contribution in [0, 0.1) is 0 Å². The zero-order valence-electron chi connectivity index (χ0n) is 34.0. The van der Waals surface area contributed by atoms with Crippen molar-refractivity contribution in [1.82, 2.24) is 29.8 Å². The van der Waals surface area contributed by atoms with E-state index in [9.17, 15) is 4.79 Å². The number of carbonyl (C=O) groups excluding carboxylic acids is 1. The fraction of sp³-hybridized carbons (Fsp3) is 0.304. The molecule has 0 radical (unpaired) electrons. The van der Waals surface area contributed by atoms with Gasteiger partial charge < -0.3 is 38.7 Å². The van der Waals surface area contributed by atoms with Gasteiger partial charge in [0.25, 0.3) is 5.91 Å². The minimum absolute atomic E-state index is 0.0481. The van der Waals surface area contributed by atoms with E-state index in [1.807, 2.05) is 78.0 Å². The van der Waals surface area contributed by atoms with Crippen molar-refractivity contribution in [2.45, 2.75) is 19.5 Å². The van der Waals surface area contributed by atoms with Crippen LogP contribution >= 0.6 is 0 Å². The van der Waals surface area contributed by atoms with Gasteiger partial charge in [0.1, 0.15) is 17.3 Å². The minimum Gasteiger partial charge on any atom is -0.497 e. The van der Waals surface area contributed by atoms with Gasteiger partial charge in [0.05, 0.1) is 33.1 Å². The van der Waals surface area contributed by atoms with Crippen LogP contribution < -0.4 is 29.1 Å². The van der Waals surface area contributed by atoms with Crippen LogP contribution in [0.4, 0.5) is 29.1 Å². The number of piperazine rings is 1. The minimum atomic E-state index is 0.0481. The number of ether oxygens (including phenoxy) is 3. The average molecular weight is 805 g/mol. The highest BCUT2D eigenvalue weighted by Crippen LogP contribution is 2.39. The van der Waals surface area contributed by atoms with Crippen molar-refractivity contribution >= 4 is 35.0 Å². The summed E-state index contributed by atoms with van der Waals surface area (Å²) in [5.74, 6) is 3.79. The van der Waals surface area contributed by atoms with Crippen LogP contribution in [-0.4, -0.2) is 109 Å². The molecule has 0 spiro atoms. The molecule has 3 aliphatic rings. The van der Waals surface area contributed by atoms with Crippen molar-refractivity contribution in [2.24, 2.45) is 0 Å². The van der Waals surface area contributed by atoms with Gasteiger partial charge in [-0.1, -0.05) is 24.3 Å². The molecule has 3 aromatic heterocycles. The van der Waals surface area contributed by atoms with Gasteiger partial charge in [-0.3, -0.25) is 9.78 Å². The van der Waals surface area contributed by atoms with Crippen LogP contribution in [0.25, 0.3) is 11.3 Å². The number of rotatable bonds is 12. The smallest absolute Gasteiger partial charge is 0.253 e. The molecule has 2 fully saturated rings. The second-order valence-corrected chi connectivity index (χ2v) is 15.0. The maximum Gasteiger partial charge on any atom is 0.253 e. The molecule has 0 saturated carbocycles. The number of pyridine rings is 1. The van der Waals surface area contributed by atoms with E-state index in [1.165, 1.54) is 0 Å². The third-order valence-corrected chi connectivity index (χ3v) is 11.4. The first-order valence-corrected chi connectivity index (χ1v) is 20.4. The van der Waals surface area contributed by atoms with E-state index >= 15 is 0 Å². The highest BCUT2D eigenvalue weighted by atomic mass is 16.5. The lowest BCUT2D eigenvalue weighted by Crippen LogP contribution is -2.48. The average Bonchev–Trinajstić information content (AvgIpc) is 3.76. The first kappa shape index (κ1) is 38.7. The third-order valence-electron chi connectivity index (χ3n) is 11.4. The topological polar surface area (TPSA) is 125 Å². The number of nitrogens with zero attached hydrogens (tertiary/aromatic N) is 10. The highest BCUT2D eigenvalue weighted by Gasteiger charge is 2.30. The summed E-state index contributed by atoms with van der Waals surface area (Å²) in [7, 11) is 3.34. The summed E-state index contributed by atoms with van der Waals surface area (Å²) in [5.41, 5.74) is 7.70. The maximum atomic E-state index is 13.6. The van der Waals surface area contributed by atoms with E-state index in [0.29, 0.717) is 69.9 Å². The molecule has 0 unspecified atom stereocenters. The number of aromatic nitrogens is 5. The Kier molecular flexibility index (Phi) is 11.3. The Morgan fingerprint density at radius 2 is 1.30 bits per heavy atom. The Morgan fingerprint density at radius 1 is 0.683 bits per heavy atom. The van der Waals surface area contributed by atoms with Gasteiger partial charge in [-0.05, 0) is 78.2 Å². The summed E-state index contributed by atoms with van der Waals surface area (Å²) in [5, 5.41) is 0. The Bertz CT molecular complexity index is 2320. The molecule has 2 saturated heterocycles. The first-order chi connectivity index (χ1) is 29.5. The quantitative estimate of drug-likeness (QED) is 0.143. The standard InChI is InChI=1S/C46H48N10O4/c1-58-39-11-3-33(4-12-39)31-55(32-34-5-13-40(59-2)14-6-34)45-48-29-36(30-49-45)42-41-17-20-56(43(41)51-46(50-42)54-25-27-60-28-26-54)38-9-7-35(8-10-38)44(57)53-23-21-52(22-24-53)37-15-18-47-19-16-37/h3-16,18-19,29-30H,17,20-28,31-32H2,1-2H3. The summed E-state index contributed by atoms with van der Waals surface area (Å²) in [6.07, 6.45) is 8.12. The van der Waals surface area contributed by atoms with Crippen molar-refractivity contribution in [1.29, 1.82) is 0 Å². The summed E-state index contributed by atoms with van der Waals surface area (Å²) < 4.78 is 16.5. The van der Waals surface area contributed by atoms with E-state index < -0.39 is 0 Å². The molecule has 0 bridgehead atoms. The second-order valence-electron chi connectivity index (χ2n) is 15.0. The fourth-order valence-corrected chi connectivity index (χ4v) is 8.03. The molecule has 9 rings (SSSR count). The number of amides is 1. The van der Waals surface area contributed by atoms with Crippen LogP contribution in [0.2, 0.25) is 0 Å². The summed E-state index contributed by atoms with van der Waals surface area (Å²) >= 11 is 0. The normalized spacial score (nSPS) is 15.2. The highest BCUT2D eigenvalue weighted by molar-refractivity contribution is 5.95. The third kappa shape index (κ3) is 8.36. The van der Waals surface area contributed by atoms with E-state index in [4.69, 9.17) is 34.1 Å².